The first-order chi connectivity index (χ1) is 18.5. The van der Waals surface area contributed by atoms with Crippen molar-refractivity contribution in [3.05, 3.63) is 59.7 Å². The van der Waals surface area contributed by atoms with Crippen LogP contribution in [0, 0.1) is 6.92 Å². The molecule has 4 heterocycles. The number of hydrogen-bond acceptors (Lipinski definition) is 6. The van der Waals surface area contributed by atoms with Crippen molar-refractivity contribution in [3.8, 4) is 0 Å². The quantitative estimate of drug-likeness (QED) is 0.524. The molecule has 0 aromatic carbocycles. The summed E-state index contributed by atoms with van der Waals surface area (Å²) < 4.78 is 63.5. The number of aromatic nitrogens is 2. The standard InChI is InChI=1S/C21H26N4O.2C2HF3O2/c1-16-5-3-7-18(23-16)15-25-11-8-21(9-12-25)13-19(20(26)24(21)2)17-6-4-10-22-14-17;2*3-2(4,5)1(6)7/h3-7,10,14,19H,8-9,11-13,15H2,1-2H3;2*(H,6,7). The van der Waals surface area contributed by atoms with E-state index in [1.807, 2.05) is 43.3 Å². The molecule has 1 atom stereocenters. The second-order valence-corrected chi connectivity index (χ2v) is 9.32. The van der Waals surface area contributed by atoms with Crippen molar-refractivity contribution < 1.29 is 50.9 Å². The van der Waals surface area contributed by atoms with E-state index in [-0.39, 0.29) is 17.4 Å². The van der Waals surface area contributed by atoms with Gasteiger partial charge in [0.25, 0.3) is 0 Å². The van der Waals surface area contributed by atoms with Crippen molar-refractivity contribution in [2.24, 2.45) is 0 Å². The van der Waals surface area contributed by atoms with Gasteiger partial charge in [0.2, 0.25) is 5.91 Å². The van der Waals surface area contributed by atoms with Crippen LogP contribution < -0.4 is 0 Å². The number of aliphatic carboxylic acids is 2. The summed E-state index contributed by atoms with van der Waals surface area (Å²) in [5.41, 5.74) is 3.24. The monoisotopic (exact) mass is 578 g/mol. The lowest BCUT2D eigenvalue weighted by Gasteiger charge is -2.43. The molecule has 2 aliphatic heterocycles. The molecule has 2 N–H and O–H groups in total. The summed E-state index contributed by atoms with van der Waals surface area (Å²) in [5.74, 6) is -5.31. The molecule has 0 saturated carbocycles. The molecule has 1 amide bonds. The predicted octanol–water partition coefficient (Wildman–Crippen LogP) is 4.03. The van der Waals surface area contributed by atoms with E-state index >= 15 is 0 Å². The number of carboxylic acid groups (broad SMARTS) is 2. The number of pyridine rings is 2. The van der Waals surface area contributed by atoms with Crippen LogP contribution in [0.4, 0.5) is 26.3 Å². The van der Waals surface area contributed by atoms with Gasteiger partial charge >= 0.3 is 24.3 Å². The van der Waals surface area contributed by atoms with Crippen molar-refractivity contribution in [2.75, 3.05) is 20.1 Å². The third kappa shape index (κ3) is 8.89. The van der Waals surface area contributed by atoms with Crippen LogP contribution in [0.15, 0.2) is 42.7 Å². The Labute approximate surface area is 225 Å². The third-order valence-electron chi connectivity index (χ3n) is 6.61. The molecule has 1 spiro atoms. The molecule has 0 bridgehead atoms. The Morgan fingerprint density at radius 2 is 1.55 bits per heavy atom. The molecule has 40 heavy (non-hydrogen) atoms. The lowest BCUT2D eigenvalue weighted by Crippen LogP contribution is -2.51. The average molecular weight is 579 g/mol. The second kappa shape index (κ2) is 13.1. The van der Waals surface area contributed by atoms with Crippen molar-refractivity contribution in [1.29, 1.82) is 0 Å². The number of likely N-dealkylation sites (N-methyl/N-ethyl adjacent to an activating group) is 1. The summed E-state index contributed by atoms with van der Waals surface area (Å²) >= 11 is 0. The maximum atomic E-state index is 12.9. The second-order valence-electron chi connectivity index (χ2n) is 9.32. The van der Waals surface area contributed by atoms with E-state index in [0.29, 0.717) is 0 Å². The zero-order valence-electron chi connectivity index (χ0n) is 21.5. The number of nitrogens with zero attached hydrogens (tertiary/aromatic N) is 4. The summed E-state index contributed by atoms with van der Waals surface area (Å²) in [6.07, 6.45) is -3.60. The number of hydrogen-bond donors (Lipinski definition) is 2. The number of likely N-dealkylation sites (tertiary alicyclic amines) is 2. The first kappa shape index (κ1) is 32.5. The Morgan fingerprint density at radius 1 is 1.00 bits per heavy atom. The molecule has 9 nitrogen and oxygen atoms in total. The fourth-order valence-electron chi connectivity index (χ4n) is 4.50. The van der Waals surface area contributed by atoms with Crippen LogP contribution >= 0.6 is 0 Å². The molecular weight excluding hydrogens is 550 g/mol. The zero-order valence-corrected chi connectivity index (χ0v) is 21.5. The topological polar surface area (TPSA) is 124 Å². The van der Waals surface area contributed by atoms with Crippen LogP contribution in [0.5, 0.6) is 0 Å². The maximum absolute atomic E-state index is 12.9. The van der Waals surface area contributed by atoms with E-state index in [1.54, 1.807) is 6.20 Å². The van der Waals surface area contributed by atoms with Crippen molar-refractivity contribution >= 4 is 17.8 Å². The summed E-state index contributed by atoms with van der Waals surface area (Å²) in [6, 6.07) is 10.2. The number of halogens is 6. The number of alkyl halides is 6. The van der Waals surface area contributed by atoms with E-state index in [2.05, 4.69) is 27.0 Å². The van der Waals surface area contributed by atoms with Crippen molar-refractivity contribution in [3.63, 3.8) is 0 Å². The van der Waals surface area contributed by atoms with Gasteiger partial charge < -0.3 is 15.1 Å². The molecule has 0 radical (unpaired) electrons. The van der Waals surface area contributed by atoms with Gasteiger partial charge in [-0.1, -0.05) is 12.1 Å². The van der Waals surface area contributed by atoms with Crippen LogP contribution in [0.25, 0.3) is 0 Å². The van der Waals surface area contributed by atoms with E-state index in [4.69, 9.17) is 19.8 Å². The SMILES string of the molecule is Cc1cccc(CN2CCC3(CC2)CC(c2cccnc2)C(=O)N3C)n1.O=C(O)C(F)(F)F.O=C(O)C(F)(F)F. The Hall–Kier alpha value is -3.75. The van der Waals surface area contributed by atoms with Crippen LogP contribution in [0.1, 0.15) is 42.1 Å². The molecule has 2 saturated heterocycles. The van der Waals surface area contributed by atoms with Gasteiger partial charge in [0.1, 0.15) is 0 Å². The molecule has 2 aliphatic rings. The largest absolute Gasteiger partial charge is 0.490 e. The van der Waals surface area contributed by atoms with Crippen LogP contribution in [0.3, 0.4) is 0 Å². The fraction of sp³-hybridized carbons (Fsp3) is 0.480. The van der Waals surface area contributed by atoms with Gasteiger partial charge in [-0.2, -0.15) is 26.3 Å². The van der Waals surface area contributed by atoms with Gasteiger partial charge in [-0.05, 0) is 49.9 Å². The molecular formula is C25H28F6N4O5. The minimum atomic E-state index is -5.08. The van der Waals surface area contributed by atoms with E-state index in [0.717, 1.165) is 55.8 Å². The number of carbonyl (C=O) groups excluding carboxylic acids is 1. The fourth-order valence-corrected chi connectivity index (χ4v) is 4.50. The first-order valence-corrected chi connectivity index (χ1v) is 11.9. The summed E-state index contributed by atoms with van der Waals surface area (Å²) in [4.78, 5) is 44.0. The molecule has 2 aromatic heterocycles. The minimum Gasteiger partial charge on any atom is -0.475 e. The smallest absolute Gasteiger partial charge is 0.475 e. The lowest BCUT2D eigenvalue weighted by atomic mass is 9.81. The van der Waals surface area contributed by atoms with Gasteiger partial charge in [-0.3, -0.25) is 19.7 Å². The first-order valence-electron chi connectivity index (χ1n) is 11.9. The normalized spacial score (nSPS) is 18.9. The van der Waals surface area contributed by atoms with Gasteiger partial charge in [0, 0.05) is 50.3 Å². The third-order valence-corrected chi connectivity index (χ3v) is 6.61. The van der Waals surface area contributed by atoms with Crippen LogP contribution in [0.2, 0.25) is 0 Å². The highest BCUT2D eigenvalue weighted by atomic mass is 19.4. The summed E-state index contributed by atoms with van der Waals surface area (Å²) in [6.45, 7) is 4.94. The van der Waals surface area contributed by atoms with Gasteiger partial charge in [0.05, 0.1) is 11.6 Å². The average Bonchev–Trinajstić information content (AvgIpc) is 3.11. The van der Waals surface area contributed by atoms with E-state index in [9.17, 15) is 31.1 Å². The number of amides is 1. The van der Waals surface area contributed by atoms with E-state index in [1.165, 1.54) is 0 Å². The van der Waals surface area contributed by atoms with Gasteiger partial charge in [-0.25, -0.2) is 9.59 Å². The van der Waals surface area contributed by atoms with Crippen LogP contribution in [-0.2, 0) is 20.9 Å². The molecule has 1 unspecified atom stereocenters. The number of aryl methyl sites for hydroxylation is 1. The van der Waals surface area contributed by atoms with Crippen molar-refractivity contribution in [2.45, 2.75) is 56.5 Å². The Balaban J connectivity index is 0.000000333. The highest BCUT2D eigenvalue weighted by Gasteiger charge is 2.50. The van der Waals surface area contributed by atoms with Crippen LogP contribution in [-0.4, -0.2) is 85.9 Å². The summed E-state index contributed by atoms with van der Waals surface area (Å²) in [5, 5.41) is 14.2. The Bertz CT molecular complexity index is 1140. The minimum absolute atomic E-state index is 0.00583. The maximum Gasteiger partial charge on any atom is 0.490 e. The number of carbonyl (C=O) groups is 3. The Kier molecular flexibility index (Phi) is 10.6. The number of rotatable bonds is 3. The number of carboxylic acids is 2. The van der Waals surface area contributed by atoms with Crippen molar-refractivity contribution in [1.82, 2.24) is 19.8 Å². The van der Waals surface area contributed by atoms with Gasteiger partial charge in [-0.15, -0.1) is 0 Å². The molecule has 4 rings (SSSR count). The molecule has 2 fully saturated rings. The summed E-state index contributed by atoms with van der Waals surface area (Å²) in [7, 11) is 1.98. The highest BCUT2D eigenvalue weighted by molar-refractivity contribution is 5.87. The molecule has 0 aliphatic carbocycles. The molecule has 220 valence electrons. The Morgan fingerprint density at radius 3 is 2.00 bits per heavy atom. The van der Waals surface area contributed by atoms with Gasteiger partial charge in [0.15, 0.2) is 0 Å². The predicted molar refractivity (Wildman–Crippen MR) is 128 cm³/mol. The van der Waals surface area contributed by atoms with E-state index < -0.39 is 24.3 Å². The molecule has 2 aromatic rings. The number of piperidine rings is 1. The lowest BCUT2D eigenvalue weighted by molar-refractivity contribution is -0.193. The molecule has 15 heteroatoms. The highest BCUT2D eigenvalue weighted by Crippen LogP contribution is 2.44. The zero-order chi connectivity index (χ0) is 30.3.